The number of carbonyl (C=O) groups is 1. The van der Waals surface area contributed by atoms with Crippen LogP contribution in [0.25, 0.3) is 0 Å². The average Bonchev–Trinajstić information content (AvgIpc) is 2.41. The van der Waals surface area contributed by atoms with E-state index in [0.29, 0.717) is 30.8 Å². The van der Waals surface area contributed by atoms with E-state index < -0.39 is 10.0 Å². The number of nitrogens with zero attached hydrogens (tertiary/aromatic N) is 1. The number of benzene rings is 1. The van der Waals surface area contributed by atoms with E-state index in [2.05, 4.69) is 0 Å². The van der Waals surface area contributed by atoms with E-state index in [9.17, 15) is 13.2 Å². The molecule has 1 saturated heterocycles. The topological polar surface area (TPSA) is 54.5 Å². The molecule has 0 N–H and O–H groups in total. The van der Waals surface area contributed by atoms with Gasteiger partial charge in [-0.15, -0.1) is 0 Å². The van der Waals surface area contributed by atoms with Crippen molar-refractivity contribution in [3.8, 4) is 0 Å². The summed E-state index contributed by atoms with van der Waals surface area (Å²) in [7, 11) is -3.50. The van der Waals surface area contributed by atoms with Crippen molar-refractivity contribution in [2.45, 2.75) is 38.5 Å². The van der Waals surface area contributed by atoms with E-state index >= 15 is 0 Å². The Morgan fingerprint density at radius 3 is 2.65 bits per heavy atom. The fourth-order valence-electron chi connectivity index (χ4n) is 2.58. The Bertz CT molecular complexity index is 622. The number of aryl methyl sites for hydroxylation is 2. The zero-order chi connectivity index (χ0) is 14.9. The van der Waals surface area contributed by atoms with Gasteiger partial charge in [-0.05, 0) is 37.5 Å². The third-order valence-electron chi connectivity index (χ3n) is 3.94. The van der Waals surface area contributed by atoms with Crippen molar-refractivity contribution in [1.82, 2.24) is 4.31 Å². The Hall–Kier alpha value is -1.20. The van der Waals surface area contributed by atoms with Gasteiger partial charge < -0.3 is 0 Å². The number of hydrogen-bond acceptors (Lipinski definition) is 3. The molecule has 0 aromatic heterocycles. The molecule has 20 heavy (non-hydrogen) atoms. The lowest BCUT2D eigenvalue weighted by Crippen LogP contribution is -2.44. The Balaban J connectivity index is 2.35. The van der Waals surface area contributed by atoms with Crippen LogP contribution >= 0.6 is 0 Å². The van der Waals surface area contributed by atoms with Crippen molar-refractivity contribution in [3.05, 3.63) is 29.3 Å². The van der Waals surface area contributed by atoms with Gasteiger partial charge in [0, 0.05) is 25.4 Å². The number of piperidine rings is 1. The van der Waals surface area contributed by atoms with Crippen molar-refractivity contribution < 1.29 is 13.2 Å². The molecule has 1 atom stereocenters. The molecule has 1 aliphatic heterocycles. The summed E-state index contributed by atoms with van der Waals surface area (Å²) in [6, 6.07) is 5.44. The molecule has 110 valence electrons. The van der Waals surface area contributed by atoms with E-state index in [1.54, 1.807) is 13.0 Å². The fourth-order valence-corrected chi connectivity index (χ4v) is 4.37. The zero-order valence-electron chi connectivity index (χ0n) is 12.2. The Kier molecular flexibility index (Phi) is 4.30. The summed E-state index contributed by atoms with van der Waals surface area (Å²) in [5, 5.41) is 0. The van der Waals surface area contributed by atoms with Gasteiger partial charge in [0.2, 0.25) is 10.0 Å². The number of rotatable bonds is 3. The summed E-state index contributed by atoms with van der Waals surface area (Å²) in [6.07, 6.45) is 1.01. The minimum atomic E-state index is -3.50. The molecule has 2 rings (SSSR count). The molecule has 0 amide bonds. The molecule has 0 spiro atoms. The zero-order valence-corrected chi connectivity index (χ0v) is 13.0. The first-order valence-corrected chi connectivity index (χ1v) is 8.40. The molecule has 0 saturated carbocycles. The van der Waals surface area contributed by atoms with Crippen molar-refractivity contribution >= 4 is 15.8 Å². The summed E-state index contributed by atoms with van der Waals surface area (Å²) < 4.78 is 26.9. The molecule has 0 aliphatic carbocycles. The smallest absolute Gasteiger partial charge is 0.243 e. The monoisotopic (exact) mass is 295 g/mol. The lowest BCUT2D eigenvalue weighted by Gasteiger charge is -2.31. The number of carbonyl (C=O) groups excluding carboxylic acids is 1. The predicted molar refractivity (Wildman–Crippen MR) is 78.1 cm³/mol. The van der Waals surface area contributed by atoms with Gasteiger partial charge in [0.05, 0.1) is 4.90 Å². The van der Waals surface area contributed by atoms with E-state index in [-0.39, 0.29) is 11.7 Å². The van der Waals surface area contributed by atoms with E-state index in [0.717, 1.165) is 11.1 Å². The number of Topliss-reactive ketones (excluding diaryl/α,β-unsaturated/α-hetero) is 1. The van der Waals surface area contributed by atoms with Gasteiger partial charge in [-0.2, -0.15) is 4.31 Å². The van der Waals surface area contributed by atoms with Crippen molar-refractivity contribution in [1.29, 1.82) is 0 Å². The van der Waals surface area contributed by atoms with Crippen LogP contribution in [0.1, 0.15) is 30.9 Å². The molecule has 5 heteroatoms. The SMILES string of the molecule is CCC1CN(S(=O)(=O)c2cc(C)ccc2C)CCC1=O. The third-order valence-corrected chi connectivity index (χ3v) is 5.95. The van der Waals surface area contributed by atoms with Gasteiger partial charge in [0.15, 0.2) is 0 Å². The lowest BCUT2D eigenvalue weighted by atomic mass is 9.96. The molecule has 1 heterocycles. The average molecular weight is 295 g/mol. The molecular weight excluding hydrogens is 274 g/mol. The maximum absolute atomic E-state index is 12.7. The Morgan fingerprint density at radius 2 is 2.00 bits per heavy atom. The van der Waals surface area contributed by atoms with Crippen molar-refractivity contribution in [2.24, 2.45) is 5.92 Å². The summed E-state index contributed by atoms with van der Waals surface area (Å²) >= 11 is 0. The molecule has 1 aliphatic rings. The van der Waals surface area contributed by atoms with E-state index in [1.807, 2.05) is 26.0 Å². The molecule has 1 aromatic carbocycles. The molecule has 0 bridgehead atoms. The quantitative estimate of drug-likeness (QED) is 0.859. The minimum Gasteiger partial charge on any atom is -0.299 e. The largest absolute Gasteiger partial charge is 0.299 e. The maximum Gasteiger partial charge on any atom is 0.243 e. The second-order valence-electron chi connectivity index (χ2n) is 5.45. The third kappa shape index (κ3) is 2.79. The molecule has 1 fully saturated rings. The summed E-state index contributed by atoms with van der Waals surface area (Å²) in [6.45, 7) is 6.22. The normalized spacial score (nSPS) is 21.1. The standard InChI is InChI=1S/C15H21NO3S/c1-4-13-10-16(8-7-14(13)17)20(18,19)15-9-11(2)5-6-12(15)3/h5-6,9,13H,4,7-8,10H2,1-3H3. The van der Waals surface area contributed by atoms with Gasteiger partial charge in [-0.3, -0.25) is 4.79 Å². The first kappa shape index (κ1) is 15.2. The highest BCUT2D eigenvalue weighted by Crippen LogP contribution is 2.26. The van der Waals surface area contributed by atoms with Crippen LogP contribution in [0, 0.1) is 19.8 Å². The predicted octanol–water partition coefficient (Wildman–Crippen LogP) is 2.29. The molecular formula is C15H21NO3S. The van der Waals surface area contributed by atoms with Gasteiger partial charge >= 0.3 is 0 Å². The van der Waals surface area contributed by atoms with Crippen molar-refractivity contribution in [3.63, 3.8) is 0 Å². The number of ketones is 1. The number of sulfonamides is 1. The highest BCUT2D eigenvalue weighted by Gasteiger charge is 2.34. The second-order valence-corrected chi connectivity index (χ2v) is 7.36. The maximum atomic E-state index is 12.7. The Morgan fingerprint density at radius 1 is 1.30 bits per heavy atom. The summed E-state index contributed by atoms with van der Waals surface area (Å²) in [5.41, 5.74) is 1.68. The molecule has 1 aromatic rings. The van der Waals surface area contributed by atoms with Crippen LogP contribution in [-0.4, -0.2) is 31.6 Å². The van der Waals surface area contributed by atoms with Crippen LogP contribution in [-0.2, 0) is 14.8 Å². The van der Waals surface area contributed by atoms with Crippen LogP contribution in [0.5, 0.6) is 0 Å². The fraction of sp³-hybridized carbons (Fsp3) is 0.533. The Labute approximate surface area is 120 Å². The van der Waals surface area contributed by atoms with Crippen molar-refractivity contribution in [2.75, 3.05) is 13.1 Å². The molecule has 1 unspecified atom stereocenters. The van der Waals surface area contributed by atoms with Gasteiger partial charge in [0.1, 0.15) is 5.78 Å². The minimum absolute atomic E-state index is 0.163. The van der Waals surface area contributed by atoms with Gasteiger partial charge in [-0.25, -0.2) is 8.42 Å². The summed E-state index contributed by atoms with van der Waals surface area (Å²) in [4.78, 5) is 12.1. The van der Waals surface area contributed by atoms with Crippen LogP contribution in [0.15, 0.2) is 23.1 Å². The van der Waals surface area contributed by atoms with Crippen LogP contribution in [0.2, 0.25) is 0 Å². The van der Waals surface area contributed by atoms with Crippen LogP contribution in [0.3, 0.4) is 0 Å². The molecule has 4 nitrogen and oxygen atoms in total. The van der Waals surface area contributed by atoms with E-state index in [4.69, 9.17) is 0 Å². The first-order chi connectivity index (χ1) is 9.36. The summed E-state index contributed by atoms with van der Waals surface area (Å²) in [5.74, 6) is 0.0172. The van der Waals surface area contributed by atoms with Gasteiger partial charge in [0.25, 0.3) is 0 Å². The molecule has 0 radical (unpaired) electrons. The lowest BCUT2D eigenvalue weighted by molar-refractivity contribution is -0.125. The van der Waals surface area contributed by atoms with Gasteiger partial charge in [-0.1, -0.05) is 19.1 Å². The van der Waals surface area contributed by atoms with Crippen LogP contribution in [0.4, 0.5) is 0 Å². The van der Waals surface area contributed by atoms with E-state index in [1.165, 1.54) is 4.31 Å². The first-order valence-electron chi connectivity index (χ1n) is 6.96. The highest BCUT2D eigenvalue weighted by molar-refractivity contribution is 7.89. The second kappa shape index (κ2) is 5.66. The van der Waals surface area contributed by atoms with Crippen LogP contribution < -0.4 is 0 Å². The number of hydrogen-bond donors (Lipinski definition) is 0. The highest BCUT2D eigenvalue weighted by atomic mass is 32.2.